The Labute approximate surface area is 176 Å². The quantitative estimate of drug-likeness (QED) is 0.731. The highest BCUT2D eigenvalue weighted by Crippen LogP contribution is 2.35. The van der Waals surface area contributed by atoms with Gasteiger partial charge in [0.15, 0.2) is 0 Å². The van der Waals surface area contributed by atoms with Gasteiger partial charge in [0.25, 0.3) is 15.9 Å². The summed E-state index contributed by atoms with van der Waals surface area (Å²) in [4.78, 5) is 24.9. The Morgan fingerprint density at radius 3 is 2.20 bits per heavy atom. The maximum atomic E-state index is 13.0. The number of nitrogens with one attached hydrogen (secondary N) is 1. The molecular formula is C22H24N2O5S. The molecule has 1 aliphatic heterocycles. The Balaban J connectivity index is 1.72. The minimum absolute atomic E-state index is 0.0851. The zero-order chi connectivity index (χ0) is 21.9. The molecule has 0 unspecified atom stereocenters. The molecule has 1 heterocycles. The lowest BCUT2D eigenvalue weighted by molar-refractivity contribution is -0.128. The zero-order valence-corrected chi connectivity index (χ0v) is 18.0. The van der Waals surface area contributed by atoms with Crippen LogP contribution >= 0.6 is 0 Å². The van der Waals surface area contributed by atoms with Crippen molar-refractivity contribution in [2.75, 3.05) is 13.7 Å². The largest absolute Gasteiger partial charge is 0.497 e. The average Bonchev–Trinajstić information content (AvgIpc) is 2.92. The number of rotatable bonds is 7. The molecule has 2 aromatic carbocycles. The summed E-state index contributed by atoms with van der Waals surface area (Å²) in [7, 11) is -2.62. The first-order valence-electron chi connectivity index (χ1n) is 9.54. The second-order valence-electron chi connectivity index (χ2n) is 6.95. The van der Waals surface area contributed by atoms with Crippen LogP contribution in [-0.4, -0.2) is 38.2 Å². The monoisotopic (exact) mass is 428 g/mol. The van der Waals surface area contributed by atoms with E-state index in [0.717, 1.165) is 12.0 Å². The van der Waals surface area contributed by atoms with Crippen LogP contribution in [0.3, 0.4) is 0 Å². The van der Waals surface area contributed by atoms with Crippen molar-refractivity contribution in [1.29, 1.82) is 0 Å². The van der Waals surface area contributed by atoms with Gasteiger partial charge < -0.3 is 10.1 Å². The molecule has 0 saturated heterocycles. The van der Waals surface area contributed by atoms with Gasteiger partial charge in [-0.15, -0.1) is 0 Å². The molecule has 2 aromatic rings. The van der Waals surface area contributed by atoms with Crippen molar-refractivity contribution in [1.82, 2.24) is 9.62 Å². The number of amides is 2. The van der Waals surface area contributed by atoms with Gasteiger partial charge in [0.05, 0.1) is 7.11 Å². The number of nitrogens with zero attached hydrogens (tertiary/aromatic N) is 1. The summed E-state index contributed by atoms with van der Waals surface area (Å²) in [6, 6.07) is 14.2. The third kappa shape index (κ3) is 4.23. The number of methoxy groups -OCH3 is 1. The molecule has 0 radical (unpaired) electrons. The van der Waals surface area contributed by atoms with Gasteiger partial charge in [-0.25, -0.2) is 12.7 Å². The van der Waals surface area contributed by atoms with E-state index in [1.165, 1.54) is 19.6 Å². The van der Waals surface area contributed by atoms with Crippen molar-refractivity contribution in [2.24, 2.45) is 0 Å². The Hall–Kier alpha value is -3.13. The second-order valence-corrected chi connectivity index (χ2v) is 8.75. The van der Waals surface area contributed by atoms with E-state index in [0.29, 0.717) is 15.6 Å². The maximum absolute atomic E-state index is 13.0. The number of carbonyl (C=O) groups excluding carboxylic acids is 2. The van der Waals surface area contributed by atoms with Crippen LogP contribution in [0, 0.1) is 0 Å². The smallest absolute Gasteiger partial charge is 0.268 e. The van der Waals surface area contributed by atoms with E-state index in [4.69, 9.17) is 4.74 Å². The standard InChI is InChI=1S/C22H24N2O5S/c1-4-16-5-7-17(8-6-16)13-23-20(25)14-24-22(26)15(2)21(30(24,27)28)18-9-11-19(29-3)12-10-18/h5-12H,4,13-14H2,1-3H3,(H,23,25). The normalized spacial score (nSPS) is 15.4. The van der Waals surface area contributed by atoms with E-state index in [1.807, 2.05) is 24.3 Å². The van der Waals surface area contributed by atoms with Gasteiger partial charge in [-0.2, -0.15) is 0 Å². The summed E-state index contributed by atoms with van der Waals surface area (Å²) in [5, 5.41) is 2.67. The SMILES string of the molecule is CCc1ccc(CNC(=O)CN2C(=O)C(C)=C(c3ccc(OC)cc3)S2(=O)=O)cc1. The van der Waals surface area contributed by atoms with Crippen LogP contribution in [0.2, 0.25) is 0 Å². The molecule has 3 rings (SSSR count). The third-order valence-electron chi connectivity index (χ3n) is 5.00. The molecule has 0 fully saturated rings. The topological polar surface area (TPSA) is 92.8 Å². The van der Waals surface area contributed by atoms with Crippen LogP contribution in [0.1, 0.15) is 30.5 Å². The highest BCUT2D eigenvalue weighted by Gasteiger charge is 2.43. The number of hydrogen-bond donors (Lipinski definition) is 1. The van der Waals surface area contributed by atoms with Gasteiger partial charge >= 0.3 is 0 Å². The molecular weight excluding hydrogens is 404 g/mol. The van der Waals surface area contributed by atoms with E-state index in [1.54, 1.807) is 24.3 Å². The first-order valence-corrected chi connectivity index (χ1v) is 11.0. The van der Waals surface area contributed by atoms with Gasteiger partial charge in [0, 0.05) is 12.1 Å². The summed E-state index contributed by atoms with van der Waals surface area (Å²) in [5.41, 5.74) is 2.54. The fourth-order valence-corrected chi connectivity index (χ4v) is 5.01. The van der Waals surface area contributed by atoms with E-state index >= 15 is 0 Å². The Kier molecular flexibility index (Phi) is 6.26. The highest BCUT2D eigenvalue weighted by atomic mass is 32.2. The van der Waals surface area contributed by atoms with Gasteiger partial charge in [0.1, 0.15) is 17.2 Å². The van der Waals surface area contributed by atoms with Gasteiger partial charge in [-0.1, -0.05) is 31.2 Å². The first-order chi connectivity index (χ1) is 14.3. The molecule has 1 aliphatic rings. The predicted molar refractivity (Wildman–Crippen MR) is 114 cm³/mol. The Bertz CT molecular complexity index is 1090. The zero-order valence-electron chi connectivity index (χ0n) is 17.1. The number of sulfonamides is 1. The van der Waals surface area contributed by atoms with Crippen molar-refractivity contribution >= 4 is 26.7 Å². The summed E-state index contributed by atoms with van der Waals surface area (Å²) in [6.07, 6.45) is 0.921. The molecule has 7 nitrogen and oxygen atoms in total. The molecule has 0 aromatic heterocycles. The molecule has 1 N–H and O–H groups in total. The van der Waals surface area contributed by atoms with Crippen LogP contribution in [0.15, 0.2) is 54.1 Å². The van der Waals surface area contributed by atoms with Crippen molar-refractivity contribution in [2.45, 2.75) is 26.8 Å². The molecule has 0 aliphatic carbocycles. The minimum atomic E-state index is -4.12. The summed E-state index contributed by atoms with van der Waals surface area (Å²) < 4.78 is 31.7. The van der Waals surface area contributed by atoms with Crippen LogP contribution in [-0.2, 0) is 32.6 Å². The van der Waals surface area contributed by atoms with Crippen LogP contribution in [0.25, 0.3) is 4.91 Å². The average molecular weight is 429 g/mol. The lowest BCUT2D eigenvalue weighted by Gasteiger charge is -2.16. The fraction of sp³-hybridized carbons (Fsp3) is 0.273. The van der Waals surface area contributed by atoms with Crippen LogP contribution in [0.4, 0.5) is 0 Å². The molecule has 0 bridgehead atoms. The van der Waals surface area contributed by atoms with E-state index in [9.17, 15) is 18.0 Å². The lowest BCUT2D eigenvalue weighted by atomic mass is 10.1. The van der Waals surface area contributed by atoms with Crippen molar-refractivity contribution in [3.8, 4) is 5.75 Å². The van der Waals surface area contributed by atoms with Gasteiger partial charge in [-0.3, -0.25) is 9.59 Å². The van der Waals surface area contributed by atoms with Crippen molar-refractivity contribution in [3.05, 3.63) is 70.8 Å². The molecule has 0 atom stereocenters. The van der Waals surface area contributed by atoms with Crippen molar-refractivity contribution < 1.29 is 22.7 Å². The van der Waals surface area contributed by atoms with Crippen molar-refractivity contribution in [3.63, 3.8) is 0 Å². The number of hydrogen-bond acceptors (Lipinski definition) is 5. The Morgan fingerprint density at radius 1 is 1.03 bits per heavy atom. The van der Waals surface area contributed by atoms with E-state index < -0.39 is 28.4 Å². The molecule has 0 saturated carbocycles. The van der Waals surface area contributed by atoms with Crippen LogP contribution < -0.4 is 10.1 Å². The van der Waals surface area contributed by atoms with Gasteiger partial charge in [-0.05, 0) is 54.3 Å². The highest BCUT2D eigenvalue weighted by molar-refractivity contribution is 7.99. The number of carbonyl (C=O) groups is 2. The number of ether oxygens (including phenoxy) is 1. The van der Waals surface area contributed by atoms with E-state index in [-0.39, 0.29) is 17.0 Å². The Morgan fingerprint density at radius 2 is 1.63 bits per heavy atom. The molecule has 2 amide bonds. The molecule has 158 valence electrons. The number of aryl methyl sites for hydroxylation is 1. The van der Waals surface area contributed by atoms with Gasteiger partial charge in [0.2, 0.25) is 5.91 Å². The number of benzene rings is 2. The second kappa shape index (κ2) is 8.71. The summed E-state index contributed by atoms with van der Waals surface area (Å²) in [6.45, 7) is 3.20. The van der Waals surface area contributed by atoms with Crippen LogP contribution in [0.5, 0.6) is 5.75 Å². The molecule has 8 heteroatoms. The third-order valence-corrected chi connectivity index (χ3v) is 6.93. The maximum Gasteiger partial charge on any atom is 0.268 e. The van der Waals surface area contributed by atoms with E-state index in [2.05, 4.69) is 12.2 Å². The molecule has 30 heavy (non-hydrogen) atoms. The minimum Gasteiger partial charge on any atom is -0.497 e. The fourth-order valence-electron chi connectivity index (χ4n) is 3.24. The summed E-state index contributed by atoms with van der Waals surface area (Å²) in [5.74, 6) is -0.666. The predicted octanol–water partition coefficient (Wildman–Crippen LogP) is 2.48. The molecule has 0 spiro atoms. The lowest BCUT2D eigenvalue weighted by Crippen LogP contribution is -2.40. The first kappa shape index (κ1) is 21.6. The summed E-state index contributed by atoms with van der Waals surface area (Å²) >= 11 is 0.